The van der Waals surface area contributed by atoms with E-state index in [4.69, 9.17) is 16.0 Å². The molecule has 0 spiro atoms. The van der Waals surface area contributed by atoms with Gasteiger partial charge in [-0.05, 0) is 24.6 Å². The molecule has 4 rings (SSSR count). The molecule has 0 bridgehead atoms. The molecule has 3 amide bonds. The van der Waals surface area contributed by atoms with Crippen molar-refractivity contribution in [2.24, 2.45) is 0 Å². The van der Waals surface area contributed by atoms with Crippen molar-refractivity contribution in [1.29, 1.82) is 0 Å². The summed E-state index contributed by atoms with van der Waals surface area (Å²) in [7, 11) is 0. The number of hydrogen-bond acceptors (Lipinski definition) is 6. The lowest BCUT2D eigenvalue weighted by Gasteiger charge is -2.05. The Morgan fingerprint density at radius 2 is 1.68 bits per heavy atom. The van der Waals surface area contributed by atoms with Crippen molar-refractivity contribution in [3.05, 3.63) is 99.4 Å². The molecular weight excluding hydrogens is 510 g/mol. The minimum atomic E-state index is -1.24. The number of oxazole rings is 1. The van der Waals surface area contributed by atoms with Crippen LogP contribution < -0.4 is 16.0 Å². The molecule has 2 aromatic carbocycles. The van der Waals surface area contributed by atoms with Gasteiger partial charge in [-0.2, -0.15) is 5.10 Å². The Hall–Kier alpha value is -4.58. The van der Waals surface area contributed by atoms with Crippen LogP contribution in [-0.2, 0) is 13.1 Å². The highest BCUT2D eigenvalue weighted by Crippen LogP contribution is 2.21. The molecule has 37 heavy (non-hydrogen) atoms. The van der Waals surface area contributed by atoms with Gasteiger partial charge >= 0.3 is 5.91 Å². The van der Waals surface area contributed by atoms with Crippen LogP contribution in [0.25, 0.3) is 0 Å². The number of anilines is 1. The van der Waals surface area contributed by atoms with Crippen molar-refractivity contribution in [1.82, 2.24) is 25.8 Å². The summed E-state index contributed by atoms with van der Waals surface area (Å²) in [4.78, 5) is 41.2. The molecule has 0 aliphatic heterocycles. The van der Waals surface area contributed by atoms with Crippen LogP contribution in [0.2, 0.25) is 5.02 Å². The fourth-order valence-electron chi connectivity index (χ4n) is 3.18. The van der Waals surface area contributed by atoms with Gasteiger partial charge in [-0.3, -0.25) is 19.5 Å². The largest absolute Gasteiger partial charge is 0.435 e. The van der Waals surface area contributed by atoms with Gasteiger partial charge in [0, 0.05) is 12.6 Å². The molecule has 0 saturated carbocycles. The SMILES string of the molecule is Cc1nc(C(=O)NCc2ccccc2)oc1CNC(=O)c1cc(NC(=O)c2cc(F)c(F)cc2Cl)[nH]n1. The molecular formula is C24H19ClF2N6O4. The van der Waals surface area contributed by atoms with Gasteiger partial charge in [0.25, 0.3) is 17.7 Å². The molecule has 10 nitrogen and oxygen atoms in total. The lowest BCUT2D eigenvalue weighted by atomic mass is 10.2. The molecule has 2 aromatic heterocycles. The molecule has 190 valence electrons. The zero-order valence-electron chi connectivity index (χ0n) is 19.2. The maximum atomic E-state index is 13.5. The topological polar surface area (TPSA) is 142 Å². The molecule has 0 aliphatic carbocycles. The van der Waals surface area contributed by atoms with Gasteiger partial charge < -0.3 is 20.4 Å². The number of aromatic nitrogens is 3. The van der Waals surface area contributed by atoms with Crippen molar-refractivity contribution in [3.8, 4) is 0 Å². The first kappa shape index (κ1) is 25.5. The highest BCUT2D eigenvalue weighted by Gasteiger charge is 2.19. The van der Waals surface area contributed by atoms with E-state index in [-0.39, 0.29) is 40.3 Å². The van der Waals surface area contributed by atoms with Crippen molar-refractivity contribution < 1.29 is 27.6 Å². The Balaban J connectivity index is 1.32. The van der Waals surface area contributed by atoms with Gasteiger partial charge in [0.2, 0.25) is 0 Å². The highest BCUT2D eigenvalue weighted by molar-refractivity contribution is 6.34. The summed E-state index contributed by atoms with van der Waals surface area (Å²) < 4.78 is 32.2. The van der Waals surface area contributed by atoms with Crippen LogP contribution in [0.5, 0.6) is 0 Å². The van der Waals surface area contributed by atoms with Gasteiger partial charge in [-0.15, -0.1) is 0 Å². The molecule has 0 atom stereocenters. The van der Waals surface area contributed by atoms with Crippen LogP contribution >= 0.6 is 11.6 Å². The Kier molecular flexibility index (Phi) is 7.58. The number of carbonyl (C=O) groups is 3. The molecule has 4 aromatic rings. The number of rotatable bonds is 8. The van der Waals surface area contributed by atoms with E-state index < -0.39 is 29.4 Å². The second-order valence-corrected chi connectivity index (χ2v) is 8.15. The maximum Gasteiger partial charge on any atom is 0.307 e. The zero-order valence-corrected chi connectivity index (χ0v) is 20.0. The van der Waals surface area contributed by atoms with Crippen molar-refractivity contribution in [3.63, 3.8) is 0 Å². The number of H-pyrrole nitrogens is 1. The minimum Gasteiger partial charge on any atom is -0.435 e. The molecule has 2 heterocycles. The third-order valence-corrected chi connectivity index (χ3v) is 5.42. The van der Waals surface area contributed by atoms with Crippen LogP contribution in [0, 0.1) is 18.6 Å². The number of benzene rings is 2. The zero-order chi connectivity index (χ0) is 26.5. The van der Waals surface area contributed by atoms with E-state index in [1.807, 2.05) is 30.3 Å². The number of nitrogens with one attached hydrogen (secondary N) is 4. The van der Waals surface area contributed by atoms with E-state index in [9.17, 15) is 23.2 Å². The Morgan fingerprint density at radius 3 is 2.43 bits per heavy atom. The molecule has 0 unspecified atom stereocenters. The monoisotopic (exact) mass is 528 g/mol. The number of hydrogen-bond donors (Lipinski definition) is 4. The van der Waals surface area contributed by atoms with Crippen LogP contribution in [0.3, 0.4) is 0 Å². The summed E-state index contributed by atoms with van der Waals surface area (Å²) in [6.07, 6.45) is 0. The number of aromatic amines is 1. The molecule has 0 radical (unpaired) electrons. The Morgan fingerprint density at radius 1 is 0.973 bits per heavy atom. The molecule has 13 heteroatoms. The van der Waals surface area contributed by atoms with E-state index in [0.717, 1.165) is 5.56 Å². The van der Waals surface area contributed by atoms with Crippen LogP contribution in [0.1, 0.15) is 48.5 Å². The summed E-state index contributed by atoms with van der Waals surface area (Å²) >= 11 is 5.80. The number of carbonyl (C=O) groups excluding carboxylic acids is 3. The molecule has 0 saturated heterocycles. The standard InChI is InChI=1S/C24H19ClF2N6O4/c1-12-19(37-24(30-12)23(36)28-10-13-5-3-2-4-6-13)11-29-22(35)18-9-20(33-32-18)31-21(34)14-7-16(26)17(27)8-15(14)25/h2-9H,10-11H2,1H3,(H,28,36)(H,29,35)(H2,31,32,33,34). The third kappa shape index (κ3) is 6.16. The van der Waals surface area contributed by atoms with E-state index in [0.29, 0.717) is 24.4 Å². The fourth-order valence-corrected chi connectivity index (χ4v) is 3.42. The summed E-state index contributed by atoms with van der Waals surface area (Å²) in [5.41, 5.74) is 0.952. The summed E-state index contributed by atoms with van der Waals surface area (Å²) in [5, 5.41) is 13.6. The molecule has 0 fully saturated rings. The van der Waals surface area contributed by atoms with Gasteiger partial charge in [0.1, 0.15) is 11.6 Å². The average molecular weight is 529 g/mol. The van der Waals surface area contributed by atoms with E-state index in [1.54, 1.807) is 6.92 Å². The number of amides is 3. The third-order valence-electron chi connectivity index (χ3n) is 5.11. The lowest BCUT2D eigenvalue weighted by Crippen LogP contribution is -2.23. The Bertz CT molecular complexity index is 1470. The van der Waals surface area contributed by atoms with Gasteiger partial charge in [0.15, 0.2) is 17.3 Å². The van der Waals surface area contributed by atoms with Crippen LogP contribution in [0.15, 0.2) is 52.9 Å². The number of aryl methyl sites for hydroxylation is 1. The summed E-state index contributed by atoms with van der Waals surface area (Å²) in [6.45, 7) is 1.85. The minimum absolute atomic E-state index is 0.0177. The maximum absolute atomic E-state index is 13.5. The second-order valence-electron chi connectivity index (χ2n) is 7.75. The highest BCUT2D eigenvalue weighted by atomic mass is 35.5. The molecule has 4 N–H and O–H groups in total. The van der Waals surface area contributed by atoms with Crippen molar-refractivity contribution in [2.75, 3.05) is 5.32 Å². The van der Waals surface area contributed by atoms with E-state index >= 15 is 0 Å². The first-order valence-corrected chi connectivity index (χ1v) is 11.2. The van der Waals surface area contributed by atoms with Crippen LogP contribution in [-0.4, -0.2) is 32.9 Å². The Labute approximate surface area is 213 Å². The average Bonchev–Trinajstić information content (AvgIpc) is 3.50. The second kappa shape index (κ2) is 11.0. The van der Waals surface area contributed by atoms with E-state index in [2.05, 4.69) is 31.1 Å². The van der Waals surface area contributed by atoms with E-state index in [1.165, 1.54) is 6.07 Å². The normalized spacial score (nSPS) is 10.7. The fraction of sp³-hybridized carbons (Fsp3) is 0.125. The van der Waals surface area contributed by atoms with Gasteiger partial charge in [-0.1, -0.05) is 41.9 Å². The van der Waals surface area contributed by atoms with Gasteiger partial charge in [-0.25, -0.2) is 13.8 Å². The summed E-state index contributed by atoms with van der Waals surface area (Å²) in [5.74, 6) is -4.23. The predicted octanol–water partition coefficient (Wildman–Crippen LogP) is 3.75. The first-order chi connectivity index (χ1) is 17.7. The molecule has 0 aliphatic rings. The smallest absolute Gasteiger partial charge is 0.307 e. The van der Waals surface area contributed by atoms with Crippen LogP contribution in [0.4, 0.5) is 14.6 Å². The number of nitrogens with zero attached hydrogens (tertiary/aromatic N) is 2. The van der Waals surface area contributed by atoms with Gasteiger partial charge in [0.05, 0.1) is 22.8 Å². The predicted molar refractivity (Wildman–Crippen MR) is 128 cm³/mol. The first-order valence-electron chi connectivity index (χ1n) is 10.8. The summed E-state index contributed by atoms with van der Waals surface area (Å²) in [6, 6.07) is 11.9. The van der Waals surface area contributed by atoms with Crippen molar-refractivity contribution >= 4 is 35.1 Å². The lowest BCUT2D eigenvalue weighted by molar-refractivity contribution is 0.0913. The quantitative estimate of drug-likeness (QED) is 0.257. The van der Waals surface area contributed by atoms with Crippen molar-refractivity contribution in [2.45, 2.75) is 20.0 Å². The number of halogens is 3.